The highest BCUT2D eigenvalue weighted by Crippen LogP contribution is 2.22. The number of hydrogen-bond donors (Lipinski definition) is 0. The second-order valence-corrected chi connectivity index (χ2v) is 4.85. The van der Waals surface area contributed by atoms with Crippen molar-refractivity contribution in [2.75, 3.05) is 20.2 Å². The molecule has 0 aromatic heterocycles. The summed E-state index contributed by atoms with van der Waals surface area (Å²) in [5, 5.41) is 0. The first-order chi connectivity index (χ1) is 9.11. The first kappa shape index (κ1) is 13.6. The Morgan fingerprint density at radius 2 is 1.95 bits per heavy atom. The maximum absolute atomic E-state index is 12.1. The number of ether oxygens (including phenoxy) is 1. The Kier molecular flexibility index (Phi) is 4.20. The normalized spacial score (nSPS) is 14.5. The molecule has 4 heteroatoms. The van der Waals surface area contributed by atoms with Gasteiger partial charge in [-0.05, 0) is 38.0 Å². The summed E-state index contributed by atoms with van der Waals surface area (Å²) in [6.07, 6.45) is 2.46. The molecule has 1 fully saturated rings. The maximum atomic E-state index is 12.1. The van der Waals surface area contributed by atoms with Crippen LogP contribution < -0.4 is 4.74 Å². The topological polar surface area (TPSA) is 46.6 Å². The number of methoxy groups -OCH3 is 1. The van der Waals surface area contributed by atoms with Crippen LogP contribution in [0.25, 0.3) is 0 Å². The number of rotatable bonds is 4. The quantitative estimate of drug-likeness (QED) is 0.779. The van der Waals surface area contributed by atoms with Gasteiger partial charge in [-0.1, -0.05) is 0 Å². The van der Waals surface area contributed by atoms with Gasteiger partial charge in [0.2, 0.25) is 5.91 Å². The summed E-state index contributed by atoms with van der Waals surface area (Å²) in [4.78, 5) is 25.4. The van der Waals surface area contributed by atoms with E-state index in [1.165, 1.54) is 6.92 Å². The van der Waals surface area contributed by atoms with Gasteiger partial charge in [0, 0.05) is 24.2 Å². The van der Waals surface area contributed by atoms with Gasteiger partial charge in [0.15, 0.2) is 5.78 Å². The summed E-state index contributed by atoms with van der Waals surface area (Å²) in [5.74, 6) is 0.770. The van der Waals surface area contributed by atoms with Gasteiger partial charge in [-0.25, -0.2) is 0 Å². The number of ketones is 1. The minimum Gasteiger partial charge on any atom is -0.496 e. The van der Waals surface area contributed by atoms with Crippen LogP contribution in [0.3, 0.4) is 0 Å². The zero-order valence-electron chi connectivity index (χ0n) is 11.4. The molecule has 2 rings (SSSR count). The van der Waals surface area contributed by atoms with Crippen molar-refractivity contribution in [3.8, 4) is 5.75 Å². The van der Waals surface area contributed by atoms with Crippen molar-refractivity contribution in [1.29, 1.82) is 0 Å². The van der Waals surface area contributed by atoms with Crippen molar-refractivity contribution >= 4 is 11.7 Å². The van der Waals surface area contributed by atoms with Crippen LogP contribution in [-0.2, 0) is 11.2 Å². The maximum Gasteiger partial charge on any atom is 0.227 e. The molecule has 0 bridgehead atoms. The van der Waals surface area contributed by atoms with E-state index in [1.54, 1.807) is 25.3 Å². The Hall–Kier alpha value is -1.84. The third kappa shape index (κ3) is 3.13. The minimum absolute atomic E-state index is 0.00229. The Morgan fingerprint density at radius 3 is 2.53 bits per heavy atom. The highest BCUT2D eigenvalue weighted by atomic mass is 16.5. The summed E-state index contributed by atoms with van der Waals surface area (Å²) in [6, 6.07) is 5.24. The van der Waals surface area contributed by atoms with E-state index >= 15 is 0 Å². The number of nitrogens with zero attached hydrogens (tertiary/aromatic N) is 1. The lowest BCUT2D eigenvalue weighted by Gasteiger charge is -2.16. The fourth-order valence-corrected chi connectivity index (χ4v) is 2.38. The van der Waals surface area contributed by atoms with Crippen molar-refractivity contribution in [1.82, 2.24) is 4.90 Å². The van der Waals surface area contributed by atoms with Gasteiger partial charge >= 0.3 is 0 Å². The molecule has 1 aliphatic rings. The Labute approximate surface area is 113 Å². The number of hydrogen-bond acceptors (Lipinski definition) is 3. The summed E-state index contributed by atoms with van der Waals surface area (Å²) < 4.78 is 5.26. The first-order valence-electron chi connectivity index (χ1n) is 6.57. The fourth-order valence-electron chi connectivity index (χ4n) is 2.38. The molecule has 0 unspecified atom stereocenters. The van der Waals surface area contributed by atoms with Crippen molar-refractivity contribution in [2.24, 2.45) is 0 Å². The van der Waals surface area contributed by atoms with E-state index in [2.05, 4.69) is 0 Å². The molecular formula is C15H19NO3. The van der Waals surface area contributed by atoms with Crippen LogP contribution in [-0.4, -0.2) is 36.8 Å². The molecule has 0 aliphatic carbocycles. The van der Waals surface area contributed by atoms with E-state index in [0.717, 1.165) is 31.5 Å². The van der Waals surface area contributed by atoms with Crippen LogP contribution in [0.15, 0.2) is 18.2 Å². The summed E-state index contributed by atoms with van der Waals surface area (Å²) >= 11 is 0. The standard InChI is InChI=1S/C15H19NO3/c1-11(17)12-5-6-14(19-2)13(9-12)10-15(18)16-7-3-4-8-16/h5-6,9H,3-4,7-8,10H2,1-2H3. The van der Waals surface area contributed by atoms with Crippen molar-refractivity contribution in [3.63, 3.8) is 0 Å². The van der Waals surface area contributed by atoms with E-state index in [1.807, 2.05) is 4.90 Å². The third-order valence-electron chi connectivity index (χ3n) is 3.49. The van der Waals surface area contributed by atoms with Gasteiger partial charge in [0.1, 0.15) is 5.75 Å². The number of carbonyl (C=O) groups is 2. The van der Waals surface area contributed by atoms with Crippen molar-refractivity contribution in [3.05, 3.63) is 29.3 Å². The molecule has 102 valence electrons. The number of Topliss-reactive ketones (excluding diaryl/α,β-unsaturated/α-hetero) is 1. The molecule has 1 aromatic rings. The average Bonchev–Trinajstić information content (AvgIpc) is 2.92. The third-order valence-corrected chi connectivity index (χ3v) is 3.49. The van der Waals surface area contributed by atoms with E-state index in [9.17, 15) is 9.59 Å². The predicted molar refractivity (Wildman–Crippen MR) is 72.5 cm³/mol. The van der Waals surface area contributed by atoms with Gasteiger partial charge in [0.05, 0.1) is 13.5 Å². The number of likely N-dealkylation sites (tertiary alicyclic amines) is 1. The van der Waals surface area contributed by atoms with Crippen LogP contribution >= 0.6 is 0 Å². The van der Waals surface area contributed by atoms with Gasteiger partial charge in [0.25, 0.3) is 0 Å². The SMILES string of the molecule is COc1ccc(C(C)=O)cc1CC(=O)N1CCCC1. The lowest BCUT2D eigenvalue weighted by atomic mass is 10.0. The van der Waals surface area contributed by atoms with E-state index in [4.69, 9.17) is 4.74 Å². The van der Waals surface area contributed by atoms with Crippen LogP contribution in [0, 0.1) is 0 Å². The smallest absolute Gasteiger partial charge is 0.227 e. The highest BCUT2D eigenvalue weighted by Gasteiger charge is 2.19. The predicted octanol–water partition coefficient (Wildman–Crippen LogP) is 2.06. The lowest BCUT2D eigenvalue weighted by molar-refractivity contribution is -0.129. The lowest BCUT2D eigenvalue weighted by Crippen LogP contribution is -2.29. The molecule has 0 spiro atoms. The molecule has 1 heterocycles. The largest absolute Gasteiger partial charge is 0.496 e. The van der Waals surface area contributed by atoms with Crippen molar-refractivity contribution in [2.45, 2.75) is 26.2 Å². The molecule has 0 atom stereocenters. The van der Waals surface area contributed by atoms with Crippen LogP contribution in [0.2, 0.25) is 0 Å². The summed E-state index contributed by atoms with van der Waals surface area (Å²) in [7, 11) is 1.58. The number of amides is 1. The van der Waals surface area contributed by atoms with Gasteiger partial charge in [-0.3, -0.25) is 9.59 Å². The van der Waals surface area contributed by atoms with Gasteiger partial charge < -0.3 is 9.64 Å². The highest BCUT2D eigenvalue weighted by molar-refractivity contribution is 5.94. The summed E-state index contributed by atoms with van der Waals surface area (Å²) in [6.45, 7) is 3.20. The summed E-state index contributed by atoms with van der Waals surface area (Å²) in [5.41, 5.74) is 1.40. The first-order valence-corrected chi connectivity index (χ1v) is 6.57. The van der Waals surface area contributed by atoms with Gasteiger partial charge in [-0.2, -0.15) is 0 Å². The molecule has 1 saturated heterocycles. The Balaban J connectivity index is 2.19. The fraction of sp³-hybridized carbons (Fsp3) is 0.467. The molecule has 0 radical (unpaired) electrons. The van der Waals surface area contributed by atoms with Gasteiger partial charge in [-0.15, -0.1) is 0 Å². The monoisotopic (exact) mass is 261 g/mol. The molecular weight excluding hydrogens is 242 g/mol. The van der Waals surface area contributed by atoms with Crippen LogP contribution in [0.1, 0.15) is 35.7 Å². The average molecular weight is 261 g/mol. The zero-order valence-corrected chi connectivity index (χ0v) is 11.4. The Bertz CT molecular complexity index is 490. The second-order valence-electron chi connectivity index (χ2n) is 4.85. The minimum atomic E-state index is -0.00229. The number of benzene rings is 1. The molecule has 0 N–H and O–H groups in total. The molecule has 1 aliphatic heterocycles. The Morgan fingerprint density at radius 1 is 1.26 bits per heavy atom. The molecule has 4 nitrogen and oxygen atoms in total. The zero-order chi connectivity index (χ0) is 13.8. The molecule has 19 heavy (non-hydrogen) atoms. The number of carbonyl (C=O) groups excluding carboxylic acids is 2. The van der Waals surface area contributed by atoms with Crippen molar-refractivity contribution < 1.29 is 14.3 Å². The molecule has 1 aromatic carbocycles. The van der Waals surface area contributed by atoms with Crippen LogP contribution in [0.4, 0.5) is 0 Å². The molecule has 0 saturated carbocycles. The van der Waals surface area contributed by atoms with E-state index in [0.29, 0.717) is 17.7 Å². The van der Waals surface area contributed by atoms with Crippen LogP contribution in [0.5, 0.6) is 5.75 Å². The van der Waals surface area contributed by atoms with E-state index < -0.39 is 0 Å². The van der Waals surface area contributed by atoms with E-state index in [-0.39, 0.29) is 11.7 Å². The molecule has 1 amide bonds. The second kappa shape index (κ2) is 5.87.